The molecule has 1 aromatic heterocycles. The number of aromatic nitrogens is 1. The van der Waals surface area contributed by atoms with Crippen molar-refractivity contribution in [2.24, 2.45) is 0 Å². The van der Waals surface area contributed by atoms with Gasteiger partial charge in [0.05, 0.1) is 0 Å². The third kappa shape index (κ3) is 23.8. The van der Waals surface area contributed by atoms with Crippen molar-refractivity contribution in [3.8, 4) is 0 Å². The van der Waals surface area contributed by atoms with Crippen LogP contribution in [0.5, 0.6) is 0 Å². The van der Waals surface area contributed by atoms with Gasteiger partial charge in [-0.25, -0.2) is 0 Å². The Labute approximate surface area is 300 Å². The molecule has 1 saturated heterocycles. The van der Waals surface area contributed by atoms with Crippen molar-refractivity contribution in [2.75, 3.05) is 57.4 Å². The lowest BCUT2D eigenvalue weighted by molar-refractivity contribution is -0.144. The minimum atomic E-state index is -0.0879. The van der Waals surface area contributed by atoms with Gasteiger partial charge in [0.25, 0.3) is 0 Å². The van der Waals surface area contributed by atoms with E-state index < -0.39 is 0 Å². The number of nitrogens with one attached hydrogen (secondary N) is 1. The lowest BCUT2D eigenvalue weighted by atomic mass is 10.0. The van der Waals surface area contributed by atoms with Gasteiger partial charge in [-0.3, -0.25) is 19.5 Å². The van der Waals surface area contributed by atoms with E-state index in [1.54, 1.807) is 0 Å². The summed E-state index contributed by atoms with van der Waals surface area (Å²) in [5.74, 6) is -0.176. The van der Waals surface area contributed by atoms with Crippen molar-refractivity contribution in [3.63, 3.8) is 0 Å². The average molecular weight is 687 g/mol. The Kier molecular flexibility index (Phi) is 26.9. The van der Waals surface area contributed by atoms with Crippen LogP contribution in [0.1, 0.15) is 162 Å². The zero-order valence-corrected chi connectivity index (χ0v) is 31.8. The summed E-state index contributed by atoms with van der Waals surface area (Å²) in [7, 11) is 0. The van der Waals surface area contributed by atoms with E-state index in [2.05, 4.69) is 46.1 Å². The number of carbonyl (C=O) groups is 2. The molecule has 0 saturated carbocycles. The van der Waals surface area contributed by atoms with E-state index in [9.17, 15) is 9.59 Å². The number of esters is 2. The Morgan fingerprint density at radius 3 is 1.59 bits per heavy atom. The fraction of sp³-hybridized carbons (Fsp3) is 0.829. The topological polar surface area (TPSA) is 84.0 Å². The number of nitrogens with zero attached hydrogens (tertiary/aromatic N) is 3. The highest BCUT2D eigenvalue weighted by Gasteiger charge is 2.19. The van der Waals surface area contributed by atoms with Crippen molar-refractivity contribution in [1.82, 2.24) is 15.2 Å². The normalized spacial score (nSPS) is 13.7. The smallest absolute Gasteiger partial charge is 0.305 e. The SMILES string of the molecule is CCCCCCCCCCCC(=O)OCCN(CCCNC1CCN(c2ccncc2)CC1)CCOC(=O)CCCCCCCCCCC. The Hall–Kier alpha value is -2.19. The molecule has 0 bridgehead atoms. The molecule has 49 heavy (non-hydrogen) atoms. The van der Waals surface area contributed by atoms with E-state index >= 15 is 0 Å². The van der Waals surface area contributed by atoms with Crippen LogP contribution in [0.3, 0.4) is 0 Å². The maximum Gasteiger partial charge on any atom is 0.305 e. The summed E-state index contributed by atoms with van der Waals surface area (Å²) >= 11 is 0. The second-order valence-electron chi connectivity index (χ2n) is 14.2. The fourth-order valence-corrected chi connectivity index (χ4v) is 6.72. The third-order valence-corrected chi connectivity index (χ3v) is 9.92. The van der Waals surface area contributed by atoms with Gasteiger partial charge >= 0.3 is 11.9 Å². The molecule has 1 N–H and O–H groups in total. The van der Waals surface area contributed by atoms with Gasteiger partial charge in [0.1, 0.15) is 13.2 Å². The van der Waals surface area contributed by atoms with Crippen LogP contribution in [-0.4, -0.2) is 80.3 Å². The summed E-state index contributed by atoms with van der Waals surface area (Å²) < 4.78 is 11.2. The molecule has 0 aromatic carbocycles. The largest absolute Gasteiger partial charge is 0.464 e. The van der Waals surface area contributed by atoms with Crippen LogP contribution in [0.15, 0.2) is 24.5 Å². The van der Waals surface area contributed by atoms with Gasteiger partial charge in [0.15, 0.2) is 0 Å². The number of unbranched alkanes of at least 4 members (excludes halogenated alkanes) is 16. The number of anilines is 1. The summed E-state index contributed by atoms with van der Waals surface area (Å²) in [6.07, 6.45) is 30.3. The molecule has 1 aliphatic heterocycles. The highest BCUT2D eigenvalue weighted by molar-refractivity contribution is 5.69. The standard InChI is InChI=1S/C41H74N4O4/c1-3-5-7-9-11-13-15-17-19-22-40(46)48-36-34-44(35-37-49-41(47)23-20-18-16-14-12-10-8-6-4-2)31-21-28-43-38-26-32-45(33-27-38)39-24-29-42-30-25-39/h24-25,29-30,38,43H,3-23,26-28,31-37H2,1-2H3. The molecule has 8 nitrogen and oxygen atoms in total. The molecule has 0 spiro atoms. The van der Waals surface area contributed by atoms with E-state index in [0.29, 0.717) is 45.2 Å². The van der Waals surface area contributed by atoms with E-state index in [-0.39, 0.29) is 11.9 Å². The number of pyridine rings is 1. The van der Waals surface area contributed by atoms with Crippen molar-refractivity contribution in [2.45, 2.75) is 168 Å². The van der Waals surface area contributed by atoms with E-state index in [0.717, 1.165) is 71.1 Å². The predicted octanol–water partition coefficient (Wildman–Crippen LogP) is 9.26. The maximum absolute atomic E-state index is 12.4. The molecular formula is C41H74N4O4. The van der Waals surface area contributed by atoms with Crippen LogP contribution in [-0.2, 0) is 19.1 Å². The molecule has 0 atom stereocenters. The Balaban J connectivity index is 1.61. The van der Waals surface area contributed by atoms with Gasteiger partial charge in [-0.2, -0.15) is 0 Å². The first-order valence-corrected chi connectivity index (χ1v) is 20.5. The lowest BCUT2D eigenvalue weighted by Crippen LogP contribution is -2.43. The molecule has 1 fully saturated rings. The van der Waals surface area contributed by atoms with Gasteiger partial charge in [-0.1, -0.05) is 117 Å². The first kappa shape index (κ1) is 43.0. The summed E-state index contributed by atoms with van der Waals surface area (Å²) in [6.45, 7) is 10.6. The van der Waals surface area contributed by atoms with Crippen LogP contribution in [0, 0.1) is 0 Å². The number of piperidine rings is 1. The first-order valence-electron chi connectivity index (χ1n) is 20.5. The van der Waals surface area contributed by atoms with Crippen molar-refractivity contribution >= 4 is 17.6 Å². The Morgan fingerprint density at radius 1 is 0.673 bits per heavy atom. The zero-order chi connectivity index (χ0) is 35.0. The summed E-state index contributed by atoms with van der Waals surface area (Å²) in [5, 5.41) is 3.76. The summed E-state index contributed by atoms with van der Waals surface area (Å²) in [6, 6.07) is 4.72. The van der Waals surface area contributed by atoms with Gasteiger partial charge in [-0.15, -0.1) is 0 Å². The number of ether oxygens (including phenoxy) is 2. The second-order valence-corrected chi connectivity index (χ2v) is 14.2. The monoisotopic (exact) mass is 687 g/mol. The quantitative estimate of drug-likeness (QED) is 0.0593. The van der Waals surface area contributed by atoms with Crippen LogP contribution in [0.4, 0.5) is 5.69 Å². The van der Waals surface area contributed by atoms with Crippen molar-refractivity contribution < 1.29 is 19.1 Å². The number of hydrogen-bond donors (Lipinski definition) is 1. The number of rotatable bonds is 32. The van der Waals surface area contributed by atoms with Gasteiger partial charge < -0.3 is 19.7 Å². The van der Waals surface area contributed by atoms with E-state index in [1.807, 2.05) is 12.4 Å². The van der Waals surface area contributed by atoms with Crippen molar-refractivity contribution in [3.05, 3.63) is 24.5 Å². The van der Waals surface area contributed by atoms with Gasteiger partial charge in [0, 0.05) is 63.1 Å². The highest BCUT2D eigenvalue weighted by atomic mass is 16.5. The molecular weight excluding hydrogens is 612 g/mol. The van der Waals surface area contributed by atoms with E-state index in [4.69, 9.17) is 9.47 Å². The fourth-order valence-electron chi connectivity index (χ4n) is 6.72. The minimum absolute atomic E-state index is 0.0879. The highest BCUT2D eigenvalue weighted by Crippen LogP contribution is 2.19. The first-order chi connectivity index (χ1) is 24.1. The Bertz CT molecular complexity index is 870. The van der Waals surface area contributed by atoms with E-state index in [1.165, 1.54) is 95.6 Å². The predicted molar refractivity (Wildman–Crippen MR) is 204 cm³/mol. The minimum Gasteiger partial charge on any atom is -0.464 e. The average Bonchev–Trinajstić information content (AvgIpc) is 3.12. The lowest BCUT2D eigenvalue weighted by Gasteiger charge is -2.34. The molecule has 282 valence electrons. The third-order valence-electron chi connectivity index (χ3n) is 9.92. The molecule has 2 rings (SSSR count). The zero-order valence-electron chi connectivity index (χ0n) is 31.8. The summed E-state index contributed by atoms with van der Waals surface area (Å²) in [4.78, 5) is 33.6. The van der Waals surface area contributed by atoms with Gasteiger partial charge in [-0.05, 0) is 57.3 Å². The maximum atomic E-state index is 12.4. The number of carbonyl (C=O) groups excluding carboxylic acids is 2. The molecule has 0 unspecified atom stereocenters. The molecule has 1 aliphatic rings. The van der Waals surface area contributed by atoms with Crippen molar-refractivity contribution in [1.29, 1.82) is 0 Å². The second kappa shape index (κ2) is 30.6. The van der Waals surface area contributed by atoms with Crippen LogP contribution in [0.2, 0.25) is 0 Å². The number of hydrogen-bond acceptors (Lipinski definition) is 8. The van der Waals surface area contributed by atoms with Crippen LogP contribution < -0.4 is 10.2 Å². The molecule has 0 aliphatic carbocycles. The van der Waals surface area contributed by atoms with Gasteiger partial charge in [0.2, 0.25) is 0 Å². The van der Waals surface area contributed by atoms with Crippen LogP contribution in [0.25, 0.3) is 0 Å². The Morgan fingerprint density at radius 2 is 1.12 bits per heavy atom. The molecule has 2 heterocycles. The molecule has 0 amide bonds. The molecule has 1 aromatic rings. The summed E-state index contributed by atoms with van der Waals surface area (Å²) in [5.41, 5.74) is 1.26. The van der Waals surface area contributed by atoms with Crippen LogP contribution >= 0.6 is 0 Å². The molecule has 0 radical (unpaired) electrons. The molecule has 8 heteroatoms.